The molecule has 0 aromatic heterocycles. The molecule has 0 saturated carbocycles. The Morgan fingerprint density at radius 3 is 2.76 bits per heavy atom. The molecule has 1 N–H and O–H groups in total. The van der Waals surface area contributed by atoms with Crippen molar-refractivity contribution in [1.29, 1.82) is 0 Å². The van der Waals surface area contributed by atoms with Crippen molar-refractivity contribution >= 4 is 5.96 Å². The number of aliphatic imine (C=N–C) groups is 1. The molecule has 0 radical (unpaired) electrons. The smallest absolute Gasteiger partial charge is 0.193 e. The van der Waals surface area contributed by atoms with Gasteiger partial charge in [0.25, 0.3) is 0 Å². The first-order chi connectivity index (χ1) is 8.09. The third-order valence-electron chi connectivity index (χ3n) is 4.01. The van der Waals surface area contributed by atoms with Gasteiger partial charge in [0.15, 0.2) is 5.96 Å². The minimum atomic E-state index is 0.391. The average molecular weight is 238 g/mol. The number of rotatable bonds is 3. The number of nitrogens with zero attached hydrogens (tertiary/aromatic N) is 3. The molecule has 0 aliphatic carbocycles. The number of nitrogens with one attached hydrogen (secondary N) is 1. The molecule has 0 aromatic carbocycles. The van der Waals surface area contributed by atoms with Crippen LogP contribution in [-0.4, -0.2) is 61.1 Å². The molecule has 2 rings (SSSR count). The number of likely N-dealkylation sites (tertiary alicyclic amines) is 1. The second kappa shape index (κ2) is 5.25. The van der Waals surface area contributed by atoms with Crippen molar-refractivity contribution in [2.24, 2.45) is 4.99 Å². The molecule has 0 atom stereocenters. The Bertz CT molecular complexity index is 285. The average Bonchev–Trinajstić information content (AvgIpc) is 2.61. The molecule has 98 valence electrons. The number of hydrogen-bond acceptors (Lipinski definition) is 4. The summed E-state index contributed by atoms with van der Waals surface area (Å²) in [6, 6.07) is 0. The van der Waals surface area contributed by atoms with Crippen LogP contribution in [0.3, 0.4) is 0 Å². The Labute approximate surface area is 105 Å². The van der Waals surface area contributed by atoms with E-state index in [-0.39, 0.29) is 0 Å². The largest absolute Gasteiger partial charge is 0.355 e. The molecular formula is C13H26N4. The summed E-state index contributed by atoms with van der Waals surface area (Å²) < 4.78 is 0. The monoisotopic (exact) mass is 238 g/mol. The van der Waals surface area contributed by atoms with Crippen LogP contribution in [0, 0.1) is 0 Å². The Morgan fingerprint density at radius 1 is 1.29 bits per heavy atom. The van der Waals surface area contributed by atoms with E-state index in [2.05, 4.69) is 41.0 Å². The van der Waals surface area contributed by atoms with Crippen molar-refractivity contribution in [2.75, 3.05) is 39.8 Å². The van der Waals surface area contributed by atoms with Crippen molar-refractivity contribution in [1.82, 2.24) is 15.1 Å². The fraction of sp³-hybridized carbons (Fsp3) is 0.923. The third-order valence-corrected chi connectivity index (χ3v) is 4.01. The zero-order valence-electron chi connectivity index (χ0n) is 11.5. The van der Waals surface area contributed by atoms with Crippen LogP contribution in [-0.2, 0) is 0 Å². The van der Waals surface area contributed by atoms with Crippen LogP contribution in [0.4, 0.5) is 0 Å². The van der Waals surface area contributed by atoms with Crippen LogP contribution in [0.5, 0.6) is 0 Å². The lowest BCUT2D eigenvalue weighted by atomic mass is 10.0. The summed E-state index contributed by atoms with van der Waals surface area (Å²) in [5.74, 6) is 1.08. The summed E-state index contributed by atoms with van der Waals surface area (Å²) >= 11 is 0. The SMILES string of the molecule is CN1CCCN=C1NCCN1CCCC1(C)C. The lowest BCUT2D eigenvalue weighted by molar-refractivity contribution is 0.178. The van der Waals surface area contributed by atoms with Crippen molar-refractivity contribution in [3.05, 3.63) is 0 Å². The first kappa shape index (κ1) is 12.7. The molecule has 0 amide bonds. The van der Waals surface area contributed by atoms with Gasteiger partial charge in [0, 0.05) is 38.8 Å². The van der Waals surface area contributed by atoms with Gasteiger partial charge < -0.3 is 10.2 Å². The second-order valence-electron chi connectivity index (χ2n) is 5.81. The number of guanidine groups is 1. The van der Waals surface area contributed by atoms with Crippen molar-refractivity contribution in [3.63, 3.8) is 0 Å². The van der Waals surface area contributed by atoms with Gasteiger partial charge in [-0.3, -0.25) is 9.89 Å². The fourth-order valence-corrected chi connectivity index (χ4v) is 2.79. The zero-order valence-corrected chi connectivity index (χ0v) is 11.5. The highest BCUT2D eigenvalue weighted by Crippen LogP contribution is 2.27. The Morgan fingerprint density at radius 2 is 2.12 bits per heavy atom. The van der Waals surface area contributed by atoms with Gasteiger partial charge in [-0.2, -0.15) is 0 Å². The van der Waals surface area contributed by atoms with E-state index in [1.165, 1.54) is 25.8 Å². The minimum Gasteiger partial charge on any atom is -0.355 e. The molecule has 1 saturated heterocycles. The van der Waals surface area contributed by atoms with Gasteiger partial charge in [-0.05, 0) is 39.7 Å². The van der Waals surface area contributed by atoms with E-state index in [1.807, 2.05) is 0 Å². The van der Waals surface area contributed by atoms with E-state index in [9.17, 15) is 0 Å². The van der Waals surface area contributed by atoms with E-state index in [0.717, 1.165) is 32.1 Å². The summed E-state index contributed by atoms with van der Waals surface area (Å²) in [5, 5.41) is 3.47. The molecular weight excluding hydrogens is 212 g/mol. The molecule has 2 heterocycles. The quantitative estimate of drug-likeness (QED) is 0.800. The third kappa shape index (κ3) is 3.12. The summed E-state index contributed by atoms with van der Waals surface area (Å²) in [6.07, 6.45) is 3.85. The number of hydrogen-bond donors (Lipinski definition) is 1. The van der Waals surface area contributed by atoms with Gasteiger partial charge in [0.2, 0.25) is 0 Å². The van der Waals surface area contributed by atoms with Gasteiger partial charge in [-0.25, -0.2) is 0 Å². The summed E-state index contributed by atoms with van der Waals surface area (Å²) in [7, 11) is 2.12. The Kier molecular flexibility index (Phi) is 3.92. The molecule has 0 bridgehead atoms. The van der Waals surface area contributed by atoms with E-state index >= 15 is 0 Å². The molecule has 17 heavy (non-hydrogen) atoms. The first-order valence-electron chi connectivity index (χ1n) is 6.84. The molecule has 0 spiro atoms. The van der Waals surface area contributed by atoms with Gasteiger partial charge in [-0.1, -0.05) is 0 Å². The first-order valence-corrected chi connectivity index (χ1v) is 6.84. The van der Waals surface area contributed by atoms with Crippen molar-refractivity contribution in [3.8, 4) is 0 Å². The molecule has 4 nitrogen and oxygen atoms in total. The van der Waals surface area contributed by atoms with Crippen LogP contribution in [0.25, 0.3) is 0 Å². The second-order valence-corrected chi connectivity index (χ2v) is 5.81. The minimum absolute atomic E-state index is 0.391. The predicted molar refractivity (Wildman–Crippen MR) is 72.4 cm³/mol. The Hall–Kier alpha value is -0.770. The normalized spacial score (nSPS) is 24.9. The lowest BCUT2D eigenvalue weighted by Gasteiger charge is -2.32. The van der Waals surface area contributed by atoms with Gasteiger partial charge in [0.1, 0.15) is 0 Å². The van der Waals surface area contributed by atoms with Crippen LogP contribution in [0.1, 0.15) is 33.1 Å². The van der Waals surface area contributed by atoms with Crippen molar-refractivity contribution in [2.45, 2.75) is 38.6 Å². The van der Waals surface area contributed by atoms with E-state index in [0.29, 0.717) is 5.54 Å². The predicted octanol–water partition coefficient (Wildman–Crippen LogP) is 1.14. The lowest BCUT2D eigenvalue weighted by Crippen LogP contribution is -2.47. The fourth-order valence-electron chi connectivity index (χ4n) is 2.79. The summed E-state index contributed by atoms with van der Waals surface area (Å²) in [6.45, 7) is 10.2. The van der Waals surface area contributed by atoms with Gasteiger partial charge in [-0.15, -0.1) is 0 Å². The molecule has 4 heteroatoms. The maximum atomic E-state index is 4.52. The van der Waals surface area contributed by atoms with E-state index < -0.39 is 0 Å². The highest BCUT2D eigenvalue weighted by molar-refractivity contribution is 5.80. The van der Waals surface area contributed by atoms with Crippen molar-refractivity contribution < 1.29 is 0 Å². The van der Waals surface area contributed by atoms with Gasteiger partial charge >= 0.3 is 0 Å². The maximum absolute atomic E-state index is 4.52. The molecule has 2 aliphatic heterocycles. The molecule has 0 aromatic rings. The van der Waals surface area contributed by atoms with E-state index in [4.69, 9.17) is 0 Å². The van der Waals surface area contributed by atoms with Crippen LogP contribution >= 0.6 is 0 Å². The standard InChI is InChI=1S/C13H26N4/c1-13(2)6-4-10-17(13)11-8-15-12-14-7-5-9-16(12)3/h4-11H2,1-3H3,(H,14,15). The highest BCUT2D eigenvalue weighted by atomic mass is 15.3. The van der Waals surface area contributed by atoms with Crippen LogP contribution in [0.2, 0.25) is 0 Å². The summed E-state index contributed by atoms with van der Waals surface area (Å²) in [4.78, 5) is 9.33. The molecule has 1 fully saturated rings. The summed E-state index contributed by atoms with van der Waals surface area (Å²) in [5.41, 5.74) is 0.391. The van der Waals surface area contributed by atoms with Gasteiger partial charge in [0.05, 0.1) is 0 Å². The van der Waals surface area contributed by atoms with Crippen LogP contribution in [0.15, 0.2) is 4.99 Å². The maximum Gasteiger partial charge on any atom is 0.193 e. The van der Waals surface area contributed by atoms with Crippen LogP contribution < -0.4 is 5.32 Å². The van der Waals surface area contributed by atoms with E-state index in [1.54, 1.807) is 0 Å². The molecule has 0 unspecified atom stereocenters. The topological polar surface area (TPSA) is 30.9 Å². The zero-order chi connectivity index (χ0) is 12.3. The molecule has 2 aliphatic rings. The highest BCUT2D eigenvalue weighted by Gasteiger charge is 2.31. The Balaban J connectivity index is 1.74.